The molecule has 0 aliphatic carbocycles. The highest BCUT2D eigenvalue weighted by Gasteiger charge is 1.95. The standard InChI is InChI=1S/C10H7BrS2/c11-9-4-6-13-10(9)2-1-8-3-5-12-7-8/h1-7H/b2-1+. The number of hydrogen-bond acceptors (Lipinski definition) is 2. The van der Waals surface area contributed by atoms with E-state index in [9.17, 15) is 0 Å². The first-order valence-electron chi connectivity index (χ1n) is 3.79. The quantitative estimate of drug-likeness (QED) is 0.739. The summed E-state index contributed by atoms with van der Waals surface area (Å²) in [6.07, 6.45) is 4.27. The molecule has 0 aliphatic heterocycles. The van der Waals surface area contributed by atoms with E-state index in [1.54, 1.807) is 22.7 Å². The normalized spacial score (nSPS) is 11.2. The van der Waals surface area contributed by atoms with Gasteiger partial charge >= 0.3 is 0 Å². The third-order valence-electron chi connectivity index (χ3n) is 1.62. The predicted octanol–water partition coefficient (Wildman–Crippen LogP) is 4.74. The Kier molecular flexibility index (Phi) is 2.98. The van der Waals surface area contributed by atoms with Crippen molar-refractivity contribution in [3.8, 4) is 0 Å². The van der Waals surface area contributed by atoms with Crippen LogP contribution in [0.25, 0.3) is 12.2 Å². The Bertz CT molecular complexity index is 398. The molecule has 0 atom stereocenters. The van der Waals surface area contributed by atoms with Crippen LogP contribution in [0.15, 0.2) is 32.7 Å². The summed E-state index contributed by atoms with van der Waals surface area (Å²) in [5.74, 6) is 0. The van der Waals surface area contributed by atoms with Crippen molar-refractivity contribution in [1.82, 2.24) is 0 Å². The van der Waals surface area contributed by atoms with E-state index in [1.165, 1.54) is 14.9 Å². The van der Waals surface area contributed by atoms with Crippen molar-refractivity contribution in [1.29, 1.82) is 0 Å². The smallest absolute Gasteiger partial charge is 0.0412 e. The van der Waals surface area contributed by atoms with Crippen LogP contribution in [0.5, 0.6) is 0 Å². The first kappa shape index (κ1) is 9.19. The van der Waals surface area contributed by atoms with E-state index in [0.717, 1.165) is 0 Å². The molecule has 0 radical (unpaired) electrons. The molecule has 2 aromatic heterocycles. The number of hydrogen-bond donors (Lipinski definition) is 0. The molecule has 0 saturated heterocycles. The minimum atomic E-state index is 1.17. The molecular formula is C10H7BrS2. The van der Waals surface area contributed by atoms with Crippen LogP contribution in [0.3, 0.4) is 0 Å². The molecule has 0 fully saturated rings. The molecule has 13 heavy (non-hydrogen) atoms. The van der Waals surface area contributed by atoms with Gasteiger partial charge in [-0.25, -0.2) is 0 Å². The van der Waals surface area contributed by atoms with Crippen molar-refractivity contribution in [3.05, 3.63) is 43.2 Å². The van der Waals surface area contributed by atoms with Gasteiger partial charge in [-0.1, -0.05) is 6.08 Å². The summed E-state index contributed by atoms with van der Waals surface area (Å²) in [6.45, 7) is 0. The average Bonchev–Trinajstić information content (AvgIpc) is 2.72. The minimum absolute atomic E-state index is 1.17. The molecule has 0 N–H and O–H groups in total. The Hall–Kier alpha value is -0.380. The van der Waals surface area contributed by atoms with Gasteiger partial charge < -0.3 is 0 Å². The van der Waals surface area contributed by atoms with Crippen molar-refractivity contribution in [2.45, 2.75) is 0 Å². The molecule has 0 aromatic carbocycles. The lowest BCUT2D eigenvalue weighted by Gasteiger charge is -1.86. The largest absolute Gasteiger partial charge is 0.152 e. The average molecular weight is 271 g/mol. The third-order valence-corrected chi connectivity index (χ3v) is 4.15. The second-order valence-electron chi connectivity index (χ2n) is 2.52. The summed E-state index contributed by atoms with van der Waals surface area (Å²) in [7, 11) is 0. The molecule has 0 bridgehead atoms. The fourth-order valence-corrected chi connectivity index (χ4v) is 2.99. The van der Waals surface area contributed by atoms with Gasteiger partial charge in [-0.3, -0.25) is 0 Å². The van der Waals surface area contributed by atoms with Gasteiger partial charge in [0.05, 0.1) is 0 Å². The Balaban J connectivity index is 2.19. The maximum absolute atomic E-state index is 3.49. The Morgan fingerprint density at radius 1 is 1.15 bits per heavy atom. The lowest BCUT2D eigenvalue weighted by molar-refractivity contribution is 1.83. The number of thiophene rings is 2. The number of halogens is 1. The van der Waals surface area contributed by atoms with Crippen molar-refractivity contribution >= 4 is 50.8 Å². The summed E-state index contributed by atoms with van der Waals surface area (Å²) in [6, 6.07) is 4.18. The SMILES string of the molecule is Brc1ccsc1/C=C/c1ccsc1. The Morgan fingerprint density at radius 2 is 2.08 bits per heavy atom. The summed E-state index contributed by atoms with van der Waals surface area (Å²) in [5.41, 5.74) is 1.27. The molecular weight excluding hydrogens is 264 g/mol. The number of rotatable bonds is 2. The first-order valence-corrected chi connectivity index (χ1v) is 6.41. The topological polar surface area (TPSA) is 0 Å². The van der Waals surface area contributed by atoms with Gasteiger partial charge in [-0.2, -0.15) is 11.3 Å². The predicted molar refractivity (Wildman–Crippen MR) is 65.3 cm³/mol. The van der Waals surface area contributed by atoms with Crippen LogP contribution in [0.4, 0.5) is 0 Å². The van der Waals surface area contributed by atoms with Crippen molar-refractivity contribution < 1.29 is 0 Å². The third kappa shape index (κ3) is 2.30. The summed E-state index contributed by atoms with van der Waals surface area (Å²) in [4.78, 5) is 1.27. The van der Waals surface area contributed by atoms with Crippen LogP contribution in [-0.4, -0.2) is 0 Å². The van der Waals surface area contributed by atoms with Crippen LogP contribution in [0.2, 0.25) is 0 Å². The van der Waals surface area contributed by atoms with Crippen LogP contribution in [0, 0.1) is 0 Å². The highest BCUT2D eigenvalue weighted by Crippen LogP contribution is 2.24. The van der Waals surface area contributed by atoms with Crippen LogP contribution < -0.4 is 0 Å². The molecule has 2 rings (SSSR count). The highest BCUT2D eigenvalue weighted by molar-refractivity contribution is 9.10. The molecule has 66 valence electrons. The van der Waals surface area contributed by atoms with Gasteiger partial charge in [-0.15, -0.1) is 11.3 Å². The zero-order valence-corrected chi connectivity index (χ0v) is 9.95. The minimum Gasteiger partial charge on any atom is -0.152 e. The van der Waals surface area contributed by atoms with Gasteiger partial charge in [0.1, 0.15) is 0 Å². The maximum atomic E-state index is 3.49. The fourth-order valence-electron chi connectivity index (χ4n) is 0.966. The molecule has 2 aromatic rings. The van der Waals surface area contributed by atoms with Gasteiger partial charge in [0.25, 0.3) is 0 Å². The second-order valence-corrected chi connectivity index (χ2v) is 5.10. The van der Waals surface area contributed by atoms with Crippen molar-refractivity contribution in [2.24, 2.45) is 0 Å². The van der Waals surface area contributed by atoms with E-state index in [2.05, 4.69) is 56.4 Å². The van der Waals surface area contributed by atoms with Gasteiger partial charge in [0, 0.05) is 9.35 Å². The van der Waals surface area contributed by atoms with E-state index < -0.39 is 0 Å². The summed E-state index contributed by atoms with van der Waals surface area (Å²) in [5, 5.41) is 6.30. The van der Waals surface area contributed by atoms with Gasteiger partial charge in [0.2, 0.25) is 0 Å². The second kappa shape index (κ2) is 4.22. The van der Waals surface area contributed by atoms with E-state index in [4.69, 9.17) is 0 Å². The zero-order chi connectivity index (χ0) is 9.10. The lowest BCUT2D eigenvalue weighted by Crippen LogP contribution is -1.62. The summed E-state index contributed by atoms with van der Waals surface area (Å²) >= 11 is 6.95. The Morgan fingerprint density at radius 3 is 2.69 bits per heavy atom. The zero-order valence-electron chi connectivity index (χ0n) is 6.74. The molecule has 3 heteroatoms. The molecule has 0 amide bonds. The summed E-state index contributed by atoms with van der Waals surface area (Å²) < 4.78 is 1.17. The van der Waals surface area contributed by atoms with Crippen molar-refractivity contribution in [2.75, 3.05) is 0 Å². The monoisotopic (exact) mass is 270 g/mol. The first-order chi connectivity index (χ1) is 6.36. The molecule has 2 heterocycles. The van der Waals surface area contributed by atoms with E-state index in [1.807, 2.05) is 0 Å². The van der Waals surface area contributed by atoms with Crippen LogP contribution >= 0.6 is 38.6 Å². The maximum Gasteiger partial charge on any atom is 0.0412 e. The molecule has 0 saturated carbocycles. The van der Waals surface area contributed by atoms with E-state index in [0.29, 0.717) is 0 Å². The van der Waals surface area contributed by atoms with Gasteiger partial charge in [-0.05, 0) is 55.8 Å². The lowest BCUT2D eigenvalue weighted by atomic mass is 10.3. The van der Waals surface area contributed by atoms with E-state index >= 15 is 0 Å². The van der Waals surface area contributed by atoms with Crippen molar-refractivity contribution in [3.63, 3.8) is 0 Å². The molecule has 0 spiro atoms. The molecule has 0 nitrogen and oxygen atoms in total. The molecule has 0 aliphatic rings. The fraction of sp³-hybridized carbons (Fsp3) is 0. The highest BCUT2D eigenvalue weighted by atomic mass is 79.9. The van der Waals surface area contributed by atoms with Crippen LogP contribution in [0.1, 0.15) is 10.4 Å². The Labute approximate surface area is 93.7 Å². The van der Waals surface area contributed by atoms with Gasteiger partial charge in [0.15, 0.2) is 0 Å². The van der Waals surface area contributed by atoms with E-state index in [-0.39, 0.29) is 0 Å². The molecule has 0 unspecified atom stereocenters. The van der Waals surface area contributed by atoms with Crippen LogP contribution in [-0.2, 0) is 0 Å².